The molecule has 2 nitrogen and oxygen atoms in total. The summed E-state index contributed by atoms with van der Waals surface area (Å²) in [5, 5.41) is 10.7. The summed E-state index contributed by atoms with van der Waals surface area (Å²) in [7, 11) is 0. The van der Waals surface area contributed by atoms with Crippen LogP contribution in [0.5, 0.6) is 5.75 Å². The van der Waals surface area contributed by atoms with E-state index in [1.807, 2.05) is 24.4 Å². The first-order valence-corrected chi connectivity index (χ1v) is 9.01. The number of benzene rings is 2. The van der Waals surface area contributed by atoms with Crippen LogP contribution in [0, 0.1) is 0 Å². The molecule has 2 aromatic rings. The van der Waals surface area contributed by atoms with Gasteiger partial charge in [-0.15, -0.1) is 0 Å². The van der Waals surface area contributed by atoms with Crippen molar-refractivity contribution in [1.29, 1.82) is 0 Å². The van der Waals surface area contributed by atoms with E-state index in [9.17, 15) is 5.11 Å². The molecule has 1 N–H and O–H groups in total. The van der Waals surface area contributed by atoms with Gasteiger partial charge in [-0.2, -0.15) is 0 Å². The van der Waals surface area contributed by atoms with Crippen LogP contribution in [0.1, 0.15) is 63.8 Å². The Hall–Kier alpha value is -2.09. The van der Waals surface area contributed by atoms with Gasteiger partial charge in [0.15, 0.2) is 0 Å². The average Bonchev–Trinajstić information content (AvgIpc) is 2.51. The van der Waals surface area contributed by atoms with E-state index in [4.69, 9.17) is 0 Å². The Morgan fingerprint density at radius 1 is 0.920 bits per heavy atom. The molecule has 0 aliphatic rings. The summed E-state index contributed by atoms with van der Waals surface area (Å²) < 4.78 is 0. The maximum absolute atomic E-state index is 10.7. The van der Waals surface area contributed by atoms with Crippen molar-refractivity contribution in [3.63, 3.8) is 0 Å². The van der Waals surface area contributed by atoms with Crippen molar-refractivity contribution in [2.45, 2.75) is 58.8 Å². The molecule has 0 unspecified atom stereocenters. The average molecular weight is 338 g/mol. The molecule has 0 heterocycles. The smallest absolute Gasteiger partial charge is 0.128 e. The lowest BCUT2D eigenvalue weighted by atomic mass is 9.79. The van der Waals surface area contributed by atoms with Crippen LogP contribution in [0.3, 0.4) is 0 Å². The molecule has 0 amide bonds. The minimum atomic E-state index is -0.113. The molecule has 0 radical (unpaired) electrons. The van der Waals surface area contributed by atoms with Gasteiger partial charge in [0, 0.05) is 23.9 Å². The quantitative estimate of drug-likeness (QED) is 0.719. The first-order valence-electron chi connectivity index (χ1n) is 9.01. The third-order valence-corrected chi connectivity index (χ3v) is 4.42. The Morgan fingerprint density at radius 3 is 2.12 bits per heavy atom. The maximum Gasteiger partial charge on any atom is 0.128 e. The highest BCUT2D eigenvalue weighted by atomic mass is 16.3. The fourth-order valence-corrected chi connectivity index (χ4v) is 2.76. The SMILES string of the molecule is CC(C)(C)c1cc(C=NCCc2ccccc2)c(O)c(C(C)(C)C)c1. The van der Waals surface area contributed by atoms with Crippen LogP contribution in [-0.4, -0.2) is 17.9 Å². The lowest BCUT2D eigenvalue weighted by Gasteiger charge is -2.27. The first kappa shape index (κ1) is 19.2. The van der Waals surface area contributed by atoms with Crippen LogP contribution < -0.4 is 0 Å². The van der Waals surface area contributed by atoms with Gasteiger partial charge in [-0.3, -0.25) is 4.99 Å². The van der Waals surface area contributed by atoms with Crippen molar-refractivity contribution in [3.8, 4) is 5.75 Å². The van der Waals surface area contributed by atoms with Gasteiger partial charge in [-0.05, 0) is 34.4 Å². The van der Waals surface area contributed by atoms with Crippen LogP contribution in [0.25, 0.3) is 0 Å². The van der Waals surface area contributed by atoms with Crippen molar-refractivity contribution in [2.24, 2.45) is 4.99 Å². The second-order valence-corrected chi connectivity index (χ2v) is 8.73. The van der Waals surface area contributed by atoms with Crippen LogP contribution >= 0.6 is 0 Å². The van der Waals surface area contributed by atoms with E-state index in [0.717, 1.165) is 17.5 Å². The zero-order valence-corrected chi connectivity index (χ0v) is 16.4. The highest BCUT2D eigenvalue weighted by Gasteiger charge is 2.24. The number of aliphatic imine (C=N–C) groups is 1. The Balaban J connectivity index is 2.28. The number of hydrogen-bond acceptors (Lipinski definition) is 2. The Morgan fingerprint density at radius 2 is 1.56 bits per heavy atom. The van der Waals surface area contributed by atoms with Crippen molar-refractivity contribution in [2.75, 3.05) is 6.54 Å². The maximum atomic E-state index is 10.7. The molecule has 2 aromatic carbocycles. The van der Waals surface area contributed by atoms with E-state index in [1.54, 1.807) is 0 Å². The second kappa shape index (κ2) is 7.43. The highest BCUT2D eigenvalue weighted by molar-refractivity contribution is 5.85. The third kappa shape index (κ3) is 5.19. The van der Waals surface area contributed by atoms with Gasteiger partial charge in [0.1, 0.15) is 5.75 Å². The largest absolute Gasteiger partial charge is 0.507 e. The van der Waals surface area contributed by atoms with Crippen molar-refractivity contribution in [1.82, 2.24) is 0 Å². The molecular weight excluding hydrogens is 306 g/mol. The Labute approximate surface area is 152 Å². The van der Waals surface area contributed by atoms with E-state index < -0.39 is 0 Å². The molecule has 0 spiro atoms. The van der Waals surface area contributed by atoms with Gasteiger partial charge >= 0.3 is 0 Å². The fourth-order valence-electron chi connectivity index (χ4n) is 2.76. The normalized spacial score (nSPS) is 12.7. The standard InChI is InChI=1S/C23H31NO/c1-22(2,3)19-14-18(21(25)20(15-19)23(4,5)6)16-24-13-12-17-10-8-7-9-11-17/h7-11,14-16,25H,12-13H2,1-6H3. The summed E-state index contributed by atoms with van der Waals surface area (Å²) in [5.41, 5.74) is 4.20. The summed E-state index contributed by atoms with van der Waals surface area (Å²) in [5.74, 6) is 0.351. The lowest BCUT2D eigenvalue weighted by molar-refractivity contribution is 0.444. The number of aromatic hydroxyl groups is 1. The van der Waals surface area contributed by atoms with Gasteiger partial charge in [-0.25, -0.2) is 0 Å². The highest BCUT2D eigenvalue weighted by Crippen LogP contribution is 2.37. The number of hydrogen-bond donors (Lipinski definition) is 1. The van der Waals surface area contributed by atoms with E-state index in [1.165, 1.54) is 11.1 Å². The minimum absolute atomic E-state index is 0.0281. The predicted octanol–water partition coefficient (Wildman–Crippen LogP) is 5.65. The van der Waals surface area contributed by atoms with Gasteiger partial charge in [0.05, 0.1) is 0 Å². The van der Waals surface area contributed by atoms with Gasteiger partial charge in [0.2, 0.25) is 0 Å². The number of phenols is 1. The Bertz CT molecular complexity index is 731. The molecule has 0 aliphatic carbocycles. The number of nitrogens with zero attached hydrogens (tertiary/aromatic N) is 1. The third-order valence-electron chi connectivity index (χ3n) is 4.42. The molecule has 2 rings (SSSR count). The second-order valence-electron chi connectivity index (χ2n) is 8.73. The molecule has 0 aliphatic heterocycles. The minimum Gasteiger partial charge on any atom is -0.507 e. The van der Waals surface area contributed by atoms with Crippen molar-refractivity contribution < 1.29 is 5.11 Å². The number of phenolic OH excluding ortho intramolecular Hbond substituents is 1. The first-order chi connectivity index (χ1) is 11.6. The van der Waals surface area contributed by atoms with E-state index in [-0.39, 0.29) is 10.8 Å². The van der Waals surface area contributed by atoms with Crippen molar-refractivity contribution in [3.05, 3.63) is 64.7 Å². The van der Waals surface area contributed by atoms with E-state index >= 15 is 0 Å². The van der Waals surface area contributed by atoms with Crippen molar-refractivity contribution >= 4 is 6.21 Å². The molecule has 2 heteroatoms. The molecular formula is C23H31NO. The zero-order valence-electron chi connectivity index (χ0n) is 16.4. The topological polar surface area (TPSA) is 32.6 Å². The van der Waals surface area contributed by atoms with Gasteiger partial charge < -0.3 is 5.11 Å². The summed E-state index contributed by atoms with van der Waals surface area (Å²) >= 11 is 0. The molecule has 0 bridgehead atoms. The predicted molar refractivity (Wildman–Crippen MR) is 108 cm³/mol. The summed E-state index contributed by atoms with van der Waals surface area (Å²) in [4.78, 5) is 4.56. The fraction of sp³-hybridized carbons (Fsp3) is 0.435. The summed E-state index contributed by atoms with van der Waals surface area (Å²) in [6.07, 6.45) is 2.73. The molecule has 0 saturated heterocycles. The van der Waals surface area contributed by atoms with Gasteiger partial charge in [0.25, 0.3) is 0 Å². The molecule has 0 atom stereocenters. The lowest BCUT2D eigenvalue weighted by Crippen LogP contribution is -2.17. The molecule has 0 aromatic heterocycles. The molecule has 25 heavy (non-hydrogen) atoms. The zero-order chi connectivity index (χ0) is 18.7. The molecule has 0 fully saturated rings. The van der Waals surface area contributed by atoms with Gasteiger partial charge in [-0.1, -0.05) is 77.9 Å². The Kier molecular flexibility index (Phi) is 5.72. The van der Waals surface area contributed by atoms with Crippen LogP contribution in [0.2, 0.25) is 0 Å². The van der Waals surface area contributed by atoms with Crippen LogP contribution in [-0.2, 0) is 17.3 Å². The van der Waals surface area contributed by atoms with Crippen LogP contribution in [0.15, 0.2) is 47.5 Å². The number of rotatable bonds is 4. The van der Waals surface area contributed by atoms with E-state index in [2.05, 4.69) is 70.8 Å². The molecule has 0 saturated carbocycles. The summed E-state index contributed by atoms with van der Waals surface area (Å²) in [6, 6.07) is 14.6. The van der Waals surface area contributed by atoms with Crippen LogP contribution in [0.4, 0.5) is 0 Å². The van der Waals surface area contributed by atoms with E-state index in [0.29, 0.717) is 12.3 Å². The summed E-state index contributed by atoms with van der Waals surface area (Å²) in [6.45, 7) is 13.7. The molecule has 134 valence electrons. The monoisotopic (exact) mass is 337 g/mol.